The molecule has 236 valence electrons. The number of fused-ring (bicyclic) bond motifs is 1. The van der Waals surface area contributed by atoms with E-state index < -0.39 is 21.2 Å². The molecule has 1 amide bonds. The number of ether oxygens (including phenoxy) is 2. The monoisotopic (exact) mass is 630 g/mol. The molecule has 0 aromatic heterocycles. The normalized spacial score (nSPS) is 15.5. The van der Waals surface area contributed by atoms with E-state index in [1.54, 1.807) is 13.0 Å². The minimum Gasteiger partial charge on any atom is -0.464 e. The van der Waals surface area contributed by atoms with Gasteiger partial charge in [-0.25, -0.2) is 13.2 Å². The van der Waals surface area contributed by atoms with E-state index in [0.717, 1.165) is 55.5 Å². The van der Waals surface area contributed by atoms with E-state index in [1.807, 2.05) is 43.5 Å². The molecule has 1 aliphatic rings. The van der Waals surface area contributed by atoms with Crippen LogP contribution in [0, 0.1) is 5.41 Å². The molecule has 1 aliphatic heterocycles. The van der Waals surface area contributed by atoms with E-state index >= 15 is 0 Å². The highest BCUT2D eigenvalue weighted by Crippen LogP contribution is 2.48. The van der Waals surface area contributed by atoms with Gasteiger partial charge < -0.3 is 19.7 Å². The van der Waals surface area contributed by atoms with Crippen molar-refractivity contribution in [2.24, 2.45) is 5.41 Å². The molecule has 2 aromatic carbocycles. The fourth-order valence-electron chi connectivity index (χ4n) is 5.48. The van der Waals surface area contributed by atoms with Crippen LogP contribution in [-0.2, 0) is 24.2 Å². The second kappa shape index (κ2) is 16.2. The van der Waals surface area contributed by atoms with Crippen molar-refractivity contribution in [1.82, 2.24) is 0 Å². The fourth-order valence-corrected chi connectivity index (χ4v) is 8.13. The van der Waals surface area contributed by atoms with Gasteiger partial charge in [0.15, 0.2) is 9.84 Å². The second-order valence-electron chi connectivity index (χ2n) is 11.0. The van der Waals surface area contributed by atoms with E-state index in [-0.39, 0.29) is 23.2 Å². The molecule has 0 radical (unpaired) electrons. The topological polar surface area (TPSA) is 102 Å². The van der Waals surface area contributed by atoms with Gasteiger partial charge in [0.25, 0.3) is 0 Å². The molecule has 0 saturated carbocycles. The lowest BCUT2D eigenvalue weighted by Gasteiger charge is -2.37. The van der Waals surface area contributed by atoms with Crippen LogP contribution in [0.15, 0.2) is 58.5 Å². The SMILES string of the molecule is CCCCC1(CCCC)CN(c2ccc(NC(=O)CCC)cc2)c2cc(SC)c(O/C=C/C(=O)OCC)cc2S(=O)(=O)C1. The van der Waals surface area contributed by atoms with Crippen LogP contribution in [0.4, 0.5) is 17.1 Å². The number of hydrogen-bond acceptors (Lipinski definition) is 8. The van der Waals surface area contributed by atoms with Gasteiger partial charge in [-0.2, -0.15) is 0 Å². The Balaban J connectivity index is 2.16. The average molecular weight is 631 g/mol. The predicted octanol–water partition coefficient (Wildman–Crippen LogP) is 7.89. The smallest absolute Gasteiger partial charge is 0.333 e. The summed E-state index contributed by atoms with van der Waals surface area (Å²) in [5, 5.41) is 2.94. The van der Waals surface area contributed by atoms with Gasteiger partial charge in [-0.1, -0.05) is 46.5 Å². The largest absolute Gasteiger partial charge is 0.464 e. The molecule has 0 spiro atoms. The number of rotatable bonds is 15. The van der Waals surface area contributed by atoms with Gasteiger partial charge in [0, 0.05) is 35.8 Å². The summed E-state index contributed by atoms with van der Waals surface area (Å²) in [5.74, 6) is -0.161. The number of unbranched alkanes of at least 4 members (excludes halogenated alkanes) is 2. The molecule has 10 heteroatoms. The number of amides is 1. The third-order valence-electron chi connectivity index (χ3n) is 7.61. The number of carbonyl (C=O) groups is 2. The highest BCUT2D eigenvalue weighted by atomic mass is 32.2. The molecule has 0 fully saturated rings. The quantitative estimate of drug-likeness (QED) is 0.0917. The standard InChI is InChI=1S/C33H46N2O6S2/c1-6-10-18-33(19-11-7-2)23-35(26-15-13-25(14-16-26)34-31(36)12-8-3)27-21-29(42-5)28(22-30(27)43(38,39)24-33)41-20-17-32(37)40-9-4/h13-17,20-22H,6-12,18-19,23-24H2,1-5H3,(H,34,36)/b20-17+. The molecule has 0 atom stereocenters. The molecule has 1 heterocycles. The van der Waals surface area contributed by atoms with Gasteiger partial charge in [0.05, 0.1) is 40.2 Å². The Kier molecular flexibility index (Phi) is 13.0. The number of nitrogens with one attached hydrogen (secondary N) is 1. The number of anilines is 3. The number of carbonyl (C=O) groups excluding carboxylic acids is 2. The van der Waals surface area contributed by atoms with E-state index in [1.165, 1.54) is 24.1 Å². The van der Waals surface area contributed by atoms with Gasteiger partial charge in [0.2, 0.25) is 5.91 Å². The predicted molar refractivity (Wildman–Crippen MR) is 175 cm³/mol. The molecule has 0 saturated heterocycles. The summed E-state index contributed by atoms with van der Waals surface area (Å²) in [6, 6.07) is 11.1. The molecular weight excluding hydrogens is 585 g/mol. The summed E-state index contributed by atoms with van der Waals surface area (Å²) >= 11 is 1.44. The molecule has 2 aromatic rings. The maximum Gasteiger partial charge on any atom is 0.333 e. The molecule has 1 N–H and O–H groups in total. The summed E-state index contributed by atoms with van der Waals surface area (Å²) in [6.45, 7) is 8.75. The van der Waals surface area contributed by atoms with Crippen LogP contribution in [0.3, 0.4) is 0 Å². The van der Waals surface area contributed by atoms with Crippen LogP contribution < -0.4 is 15.0 Å². The van der Waals surface area contributed by atoms with Gasteiger partial charge in [0.1, 0.15) is 5.75 Å². The van der Waals surface area contributed by atoms with Crippen LogP contribution in [0.25, 0.3) is 0 Å². The third kappa shape index (κ3) is 9.25. The summed E-state index contributed by atoms with van der Waals surface area (Å²) < 4.78 is 39.2. The zero-order chi connectivity index (χ0) is 31.5. The minimum atomic E-state index is -3.72. The van der Waals surface area contributed by atoms with Crippen LogP contribution in [-0.4, -0.2) is 45.5 Å². The zero-order valence-electron chi connectivity index (χ0n) is 26.1. The first-order valence-electron chi connectivity index (χ1n) is 15.2. The van der Waals surface area contributed by atoms with Gasteiger partial charge in [-0.05, 0) is 62.8 Å². The van der Waals surface area contributed by atoms with Crippen molar-refractivity contribution in [1.29, 1.82) is 0 Å². The molecule has 43 heavy (non-hydrogen) atoms. The summed E-state index contributed by atoms with van der Waals surface area (Å²) in [7, 11) is -3.72. The molecule has 0 aliphatic carbocycles. The first kappa shape index (κ1) is 34.5. The number of nitrogens with zero attached hydrogens (tertiary/aromatic N) is 1. The van der Waals surface area contributed by atoms with E-state index in [2.05, 4.69) is 24.1 Å². The van der Waals surface area contributed by atoms with Gasteiger partial charge in [-0.3, -0.25) is 4.79 Å². The third-order valence-corrected chi connectivity index (χ3v) is 10.4. The highest BCUT2D eigenvalue weighted by Gasteiger charge is 2.42. The van der Waals surface area contributed by atoms with E-state index in [9.17, 15) is 18.0 Å². The van der Waals surface area contributed by atoms with Crippen molar-refractivity contribution >= 4 is 50.5 Å². The summed E-state index contributed by atoms with van der Waals surface area (Å²) in [5.41, 5.74) is 1.72. The maximum atomic E-state index is 14.2. The van der Waals surface area contributed by atoms with Crippen molar-refractivity contribution in [2.75, 3.05) is 35.4 Å². The van der Waals surface area contributed by atoms with Crippen LogP contribution in [0.1, 0.15) is 79.1 Å². The Morgan fingerprint density at radius 1 is 1.02 bits per heavy atom. The van der Waals surface area contributed by atoms with Crippen molar-refractivity contribution < 1.29 is 27.5 Å². The molecule has 8 nitrogen and oxygen atoms in total. The lowest BCUT2D eigenvalue weighted by atomic mass is 9.79. The first-order valence-corrected chi connectivity index (χ1v) is 18.1. The molecule has 0 bridgehead atoms. The maximum absolute atomic E-state index is 14.2. The minimum absolute atomic E-state index is 0.0336. The van der Waals surface area contributed by atoms with E-state index in [0.29, 0.717) is 30.1 Å². The van der Waals surface area contributed by atoms with Crippen LogP contribution >= 0.6 is 11.8 Å². The lowest BCUT2D eigenvalue weighted by Crippen LogP contribution is -2.38. The average Bonchev–Trinajstić information content (AvgIpc) is 3.07. The van der Waals surface area contributed by atoms with Crippen LogP contribution in [0.5, 0.6) is 5.75 Å². The molecular formula is C33H46N2O6S2. The second-order valence-corrected chi connectivity index (χ2v) is 13.8. The summed E-state index contributed by atoms with van der Waals surface area (Å²) in [4.78, 5) is 27.1. The van der Waals surface area contributed by atoms with Crippen molar-refractivity contribution in [3.8, 4) is 5.75 Å². The Morgan fingerprint density at radius 3 is 2.28 bits per heavy atom. The number of benzene rings is 2. The number of sulfone groups is 1. The van der Waals surface area contributed by atoms with Gasteiger partial charge in [-0.15, -0.1) is 11.8 Å². The van der Waals surface area contributed by atoms with Crippen molar-refractivity contribution in [2.45, 2.75) is 88.9 Å². The molecule has 0 unspecified atom stereocenters. The Hall–Kier alpha value is -2.98. The number of thioether (sulfide) groups is 1. The van der Waals surface area contributed by atoms with Crippen LogP contribution in [0.2, 0.25) is 0 Å². The van der Waals surface area contributed by atoms with Crippen molar-refractivity contribution in [3.63, 3.8) is 0 Å². The van der Waals surface area contributed by atoms with E-state index in [4.69, 9.17) is 9.47 Å². The Labute approximate surface area is 261 Å². The summed E-state index contributed by atoms with van der Waals surface area (Å²) in [6.07, 6.45) is 11.0. The number of esters is 1. The van der Waals surface area contributed by atoms with Gasteiger partial charge >= 0.3 is 5.97 Å². The zero-order valence-corrected chi connectivity index (χ0v) is 27.7. The lowest BCUT2D eigenvalue weighted by molar-refractivity contribution is -0.137. The Morgan fingerprint density at radius 2 is 1.70 bits per heavy atom. The first-order chi connectivity index (χ1) is 20.6. The fraction of sp³-hybridized carbons (Fsp3) is 0.515. The Bertz CT molecular complexity index is 1360. The van der Waals surface area contributed by atoms with Crippen molar-refractivity contribution in [3.05, 3.63) is 48.7 Å². The highest BCUT2D eigenvalue weighted by molar-refractivity contribution is 7.98. The number of hydrogen-bond donors (Lipinski definition) is 1. The molecule has 3 rings (SSSR count).